The molecule has 0 amide bonds. The summed E-state index contributed by atoms with van der Waals surface area (Å²) >= 11 is 0. The van der Waals surface area contributed by atoms with Crippen molar-refractivity contribution in [2.75, 3.05) is 13.1 Å². The molecule has 0 unspecified atom stereocenters. The first kappa shape index (κ1) is 16.9. The van der Waals surface area contributed by atoms with Crippen molar-refractivity contribution in [3.05, 3.63) is 40.1 Å². The average Bonchev–Trinajstić information content (AvgIpc) is 3.01. The molecule has 3 rings (SSSR count). The van der Waals surface area contributed by atoms with Crippen molar-refractivity contribution < 1.29 is 13.3 Å². The Balaban J connectivity index is 1.88. The zero-order valence-electron chi connectivity index (χ0n) is 13.6. The maximum atomic E-state index is 12.4. The summed E-state index contributed by atoms with van der Waals surface area (Å²) in [7, 11) is -3.75. The van der Waals surface area contributed by atoms with Crippen molar-refractivity contribution >= 4 is 21.8 Å². The molecule has 1 aliphatic carbocycles. The lowest BCUT2D eigenvalue weighted by Crippen LogP contribution is -2.34. The maximum Gasteiger partial charge on any atom is 0.277 e. The number of nitrogens with zero attached hydrogens (tertiary/aromatic N) is 2. The van der Waals surface area contributed by atoms with Crippen LogP contribution in [-0.4, -0.2) is 36.9 Å². The normalized spacial score (nSPS) is 19.8. The van der Waals surface area contributed by atoms with E-state index >= 15 is 0 Å². The van der Waals surface area contributed by atoms with Crippen LogP contribution < -0.4 is 4.72 Å². The number of hydrogen-bond acceptors (Lipinski definition) is 5. The zero-order valence-corrected chi connectivity index (χ0v) is 14.4. The molecule has 2 aliphatic rings. The number of likely N-dealkylation sites (tertiary alicyclic amines) is 1. The lowest BCUT2D eigenvalue weighted by molar-refractivity contribution is -0.385. The first-order valence-electron chi connectivity index (χ1n) is 8.04. The van der Waals surface area contributed by atoms with Gasteiger partial charge in [-0.1, -0.05) is 0 Å². The summed E-state index contributed by atoms with van der Waals surface area (Å²) in [5, 5.41) is 11.3. The van der Waals surface area contributed by atoms with Crippen molar-refractivity contribution in [3.63, 3.8) is 0 Å². The van der Waals surface area contributed by atoms with Gasteiger partial charge in [-0.25, -0.2) is 13.1 Å². The Morgan fingerprint density at radius 3 is 2.54 bits per heavy atom. The molecule has 0 spiro atoms. The molecule has 1 aliphatic heterocycles. The minimum Gasteiger partial charge on any atom is -0.377 e. The molecular formula is C16H21N3O4S. The van der Waals surface area contributed by atoms with Crippen LogP contribution in [0.3, 0.4) is 0 Å². The Kier molecular flexibility index (Phi) is 4.35. The molecule has 1 aromatic carbocycles. The number of hydrogen-bond donors (Lipinski definition) is 1. The van der Waals surface area contributed by atoms with Crippen LogP contribution in [0.15, 0.2) is 29.3 Å². The maximum absolute atomic E-state index is 12.4. The monoisotopic (exact) mass is 351 g/mol. The molecule has 1 heterocycles. The SMILES string of the molecule is CC1(NS(=O)(=O)c2ccc(/C=C/N3CCCC3)c([N+](=O)[O-])c2)CC1. The molecular weight excluding hydrogens is 330 g/mol. The highest BCUT2D eigenvalue weighted by molar-refractivity contribution is 7.89. The summed E-state index contributed by atoms with van der Waals surface area (Å²) in [6, 6.07) is 4.05. The van der Waals surface area contributed by atoms with E-state index in [-0.39, 0.29) is 10.6 Å². The van der Waals surface area contributed by atoms with Gasteiger partial charge in [0.1, 0.15) is 0 Å². The molecule has 1 saturated heterocycles. The quantitative estimate of drug-likeness (QED) is 0.628. The first-order chi connectivity index (χ1) is 11.3. The van der Waals surface area contributed by atoms with Gasteiger partial charge in [0.15, 0.2) is 0 Å². The van der Waals surface area contributed by atoms with E-state index in [0.29, 0.717) is 5.56 Å². The van der Waals surface area contributed by atoms with E-state index in [1.54, 1.807) is 6.08 Å². The molecule has 0 bridgehead atoms. The first-order valence-corrected chi connectivity index (χ1v) is 9.52. The van der Waals surface area contributed by atoms with E-state index in [1.165, 1.54) is 12.1 Å². The molecule has 1 aromatic rings. The van der Waals surface area contributed by atoms with E-state index in [4.69, 9.17) is 0 Å². The predicted molar refractivity (Wildman–Crippen MR) is 90.9 cm³/mol. The summed E-state index contributed by atoms with van der Waals surface area (Å²) < 4.78 is 27.4. The lowest BCUT2D eigenvalue weighted by atomic mass is 10.2. The molecule has 0 aromatic heterocycles. The Bertz CT molecular complexity index is 779. The van der Waals surface area contributed by atoms with Gasteiger partial charge in [-0.05, 0) is 57.0 Å². The fourth-order valence-electron chi connectivity index (χ4n) is 2.74. The third-order valence-electron chi connectivity index (χ3n) is 4.50. The summed E-state index contributed by atoms with van der Waals surface area (Å²) in [4.78, 5) is 12.8. The van der Waals surface area contributed by atoms with E-state index in [9.17, 15) is 18.5 Å². The van der Waals surface area contributed by atoms with Crippen molar-refractivity contribution in [1.29, 1.82) is 0 Å². The summed E-state index contributed by atoms with van der Waals surface area (Å²) in [6.07, 6.45) is 7.32. The second-order valence-corrected chi connectivity index (χ2v) is 8.39. The highest BCUT2D eigenvalue weighted by atomic mass is 32.2. The second kappa shape index (κ2) is 6.18. The largest absolute Gasteiger partial charge is 0.377 e. The van der Waals surface area contributed by atoms with Crippen molar-refractivity contribution in [2.24, 2.45) is 0 Å². The minimum absolute atomic E-state index is 0.0688. The molecule has 8 heteroatoms. The number of nitro benzene ring substituents is 1. The smallest absolute Gasteiger partial charge is 0.277 e. The fraction of sp³-hybridized carbons (Fsp3) is 0.500. The molecule has 0 atom stereocenters. The predicted octanol–water partition coefficient (Wildman–Crippen LogP) is 2.49. The summed E-state index contributed by atoms with van der Waals surface area (Å²) in [6.45, 7) is 3.71. The molecule has 0 radical (unpaired) electrons. The van der Waals surface area contributed by atoms with Crippen molar-refractivity contribution in [2.45, 2.75) is 43.0 Å². The van der Waals surface area contributed by atoms with Gasteiger partial charge in [0.2, 0.25) is 10.0 Å². The van der Waals surface area contributed by atoms with E-state index < -0.39 is 20.5 Å². The standard InChI is InChI=1S/C16H21N3O4S/c1-16(7-8-16)17-24(22,23)14-5-4-13(15(12-14)19(20)21)6-11-18-9-2-3-10-18/h4-6,11-12,17H,2-3,7-10H2,1H3/b11-6+. The van der Waals surface area contributed by atoms with Crippen LogP contribution in [0.1, 0.15) is 38.2 Å². The Labute approximate surface area is 141 Å². The highest BCUT2D eigenvalue weighted by Gasteiger charge is 2.41. The second-order valence-electron chi connectivity index (χ2n) is 6.70. The molecule has 24 heavy (non-hydrogen) atoms. The van der Waals surface area contributed by atoms with Gasteiger partial charge in [0.25, 0.3) is 5.69 Å². The average molecular weight is 351 g/mol. The van der Waals surface area contributed by atoms with Crippen LogP contribution in [0, 0.1) is 10.1 Å². The Hall–Kier alpha value is -1.93. The fourth-order valence-corrected chi connectivity index (χ4v) is 4.22. The van der Waals surface area contributed by atoms with E-state index in [0.717, 1.165) is 44.8 Å². The zero-order chi connectivity index (χ0) is 17.4. The summed E-state index contributed by atoms with van der Waals surface area (Å²) in [5.74, 6) is 0. The molecule has 130 valence electrons. The van der Waals surface area contributed by atoms with Gasteiger partial charge in [-0.15, -0.1) is 0 Å². The van der Waals surface area contributed by atoms with Crippen LogP contribution >= 0.6 is 0 Å². The molecule has 1 saturated carbocycles. The third kappa shape index (κ3) is 3.76. The van der Waals surface area contributed by atoms with Crippen LogP contribution in [0.5, 0.6) is 0 Å². The molecule has 1 N–H and O–H groups in total. The van der Waals surface area contributed by atoms with Gasteiger partial charge < -0.3 is 4.90 Å². The Morgan fingerprint density at radius 1 is 1.29 bits per heavy atom. The van der Waals surface area contributed by atoms with Crippen LogP contribution in [-0.2, 0) is 10.0 Å². The van der Waals surface area contributed by atoms with Gasteiger partial charge >= 0.3 is 0 Å². The third-order valence-corrected chi connectivity index (χ3v) is 6.13. The highest BCUT2D eigenvalue weighted by Crippen LogP contribution is 2.36. The lowest BCUT2D eigenvalue weighted by Gasteiger charge is -2.13. The Morgan fingerprint density at radius 2 is 1.96 bits per heavy atom. The number of nitrogens with one attached hydrogen (secondary N) is 1. The van der Waals surface area contributed by atoms with E-state index in [2.05, 4.69) is 9.62 Å². The number of sulfonamides is 1. The minimum atomic E-state index is -3.75. The van der Waals surface area contributed by atoms with Crippen molar-refractivity contribution in [1.82, 2.24) is 9.62 Å². The molecule has 7 nitrogen and oxygen atoms in total. The van der Waals surface area contributed by atoms with E-state index in [1.807, 2.05) is 13.1 Å². The number of benzene rings is 1. The summed E-state index contributed by atoms with van der Waals surface area (Å²) in [5.41, 5.74) is -0.208. The van der Waals surface area contributed by atoms with Gasteiger partial charge in [0.05, 0.1) is 15.4 Å². The number of rotatable bonds is 6. The van der Waals surface area contributed by atoms with Gasteiger partial charge in [-0.2, -0.15) is 0 Å². The van der Waals surface area contributed by atoms with Gasteiger partial charge in [-0.3, -0.25) is 10.1 Å². The van der Waals surface area contributed by atoms with Crippen molar-refractivity contribution in [3.8, 4) is 0 Å². The van der Waals surface area contributed by atoms with Crippen LogP contribution in [0.4, 0.5) is 5.69 Å². The number of nitro groups is 1. The molecule has 2 fully saturated rings. The van der Waals surface area contributed by atoms with Crippen LogP contribution in [0.2, 0.25) is 0 Å². The van der Waals surface area contributed by atoms with Crippen LogP contribution in [0.25, 0.3) is 6.08 Å². The van der Waals surface area contributed by atoms with Gasteiger partial charge in [0, 0.05) is 24.7 Å². The topological polar surface area (TPSA) is 92.6 Å².